The van der Waals surface area contributed by atoms with Gasteiger partial charge in [0.2, 0.25) is 0 Å². The van der Waals surface area contributed by atoms with Gasteiger partial charge in [-0.15, -0.1) is 11.3 Å². The van der Waals surface area contributed by atoms with Gasteiger partial charge < -0.3 is 13.7 Å². The topological polar surface area (TPSA) is 29.5 Å². The van der Waals surface area contributed by atoms with Crippen molar-refractivity contribution in [2.24, 2.45) is 0 Å². The minimum Gasteiger partial charge on any atom is -0.455 e. The van der Waals surface area contributed by atoms with Gasteiger partial charge >= 0.3 is 0 Å². The summed E-state index contributed by atoms with van der Waals surface area (Å²) >= 11 is 1.83. The minimum absolute atomic E-state index is 0.871. The second-order valence-electron chi connectivity index (χ2n) is 12.9. The van der Waals surface area contributed by atoms with E-state index in [0.717, 1.165) is 60.9 Å². The molecular weight excluding hydrogens is 631 g/mol. The number of para-hydroxylation sites is 2. The highest BCUT2D eigenvalue weighted by Gasteiger charge is 2.22. The molecule has 0 radical (unpaired) electrons. The fourth-order valence-electron chi connectivity index (χ4n) is 7.76. The monoisotopic (exact) mass is 657 g/mol. The number of rotatable bonds is 4. The molecule has 0 fully saturated rings. The van der Waals surface area contributed by atoms with E-state index in [1.807, 2.05) is 23.5 Å². The van der Waals surface area contributed by atoms with Crippen LogP contribution in [-0.4, -0.2) is 0 Å². The zero-order chi connectivity index (χ0) is 32.8. The van der Waals surface area contributed by atoms with Crippen molar-refractivity contribution in [1.29, 1.82) is 0 Å². The first-order valence-electron chi connectivity index (χ1n) is 16.8. The van der Waals surface area contributed by atoms with Crippen LogP contribution >= 0.6 is 11.3 Å². The fourth-order valence-corrected chi connectivity index (χ4v) is 8.90. The molecule has 50 heavy (non-hydrogen) atoms. The number of furan rings is 2. The highest BCUT2D eigenvalue weighted by Crippen LogP contribution is 2.47. The Morgan fingerprint density at radius 3 is 2.02 bits per heavy atom. The number of benzene rings is 8. The molecule has 3 nitrogen and oxygen atoms in total. The number of thiophene rings is 1. The SMILES string of the molecule is c1ccc(-c2ccc(N(c3ccc4c(c3)sc3ccc5oc6c7ccccc7ccc6c5c34)c3cccc4c3oc3ccccc34)cc2)cc1. The summed E-state index contributed by atoms with van der Waals surface area (Å²) in [5, 5.41) is 9.38. The van der Waals surface area contributed by atoms with Gasteiger partial charge in [-0.1, -0.05) is 109 Å². The summed E-state index contributed by atoms with van der Waals surface area (Å²) in [6, 6.07) is 58.2. The number of fused-ring (bicyclic) bond motifs is 12. The molecule has 0 aliphatic heterocycles. The van der Waals surface area contributed by atoms with Crippen LogP contribution < -0.4 is 4.90 Å². The molecule has 8 aromatic carbocycles. The molecule has 3 aromatic heterocycles. The fraction of sp³-hybridized carbons (Fsp3) is 0. The van der Waals surface area contributed by atoms with Crippen molar-refractivity contribution in [3.8, 4) is 11.1 Å². The Morgan fingerprint density at radius 2 is 1.12 bits per heavy atom. The Hall–Kier alpha value is -6.36. The normalized spacial score (nSPS) is 12.0. The molecule has 11 rings (SSSR count). The van der Waals surface area contributed by atoms with Gasteiger partial charge in [-0.3, -0.25) is 0 Å². The molecule has 11 aromatic rings. The number of anilines is 3. The van der Waals surface area contributed by atoms with Gasteiger partial charge in [0.15, 0.2) is 5.58 Å². The molecule has 0 aliphatic carbocycles. The van der Waals surface area contributed by atoms with E-state index in [4.69, 9.17) is 8.83 Å². The van der Waals surface area contributed by atoms with E-state index in [9.17, 15) is 0 Å². The maximum atomic E-state index is 6.60. The molecule has 0 atom stereocenters. The molecule has 0 bridgehead atoms. The summed E-state index contributed by atoms with van der Waals surface area (Å²) in [6.45, 7) is 0. The Balaban J connectivity index is 1.14. The molecule has 3 heterocycles. The van der Waals surface area contributed by atoms with Gasteiger partial charge in [-0.05, 0) is 71.1 Å². The standard InChI is InChI=1S/C46H27NO2S/c1-2-9-28(10-3-1)29-17-20-31(21-18-29)47(38-15-8-14-35-34-13-6-7-16-39(34)48-46(35)38)32-22-24-36-42(27-32)50-41-26-25-40-43(44(36)41)37-23-19-30-11-4-5-12-33(30)45(37)49-40/h1-27H. The lowest BCUT2D eigenvalue weighted by molar-refractivity contribution is 0.669. The molecule has 234 valence electrons. The van der Waals surface area contributed by atoms with E-state index in [2.05, 4.69) is 157 Å². The first-order chi connectivity index (χ1) is 24.8. The van der Waals surface area contributed by atoms with Gasteiger partial charge in [0.05, 0.1) is 5.69 Å². The van der Waals surface area contributed by atoms with Crippen molar-refractivity contribution in [3.63, 3.8) is 0 Å². The molecule has 0 saturated carbocycles. The second-order valence-corrected chi connectivity index (χ2v) is 13.9. The van der Waals surface area contributed by atoms with Gasteiger partial charge in [0.1, 0.15) is 16.7 Å². The summed E-state index contributed by atoms with van der Waals surface area (Å²) in [5.41, 5.74) is 9.14. The first-order valence-corrected chi connectivity index (χ1v) is 17.7. The average Bonchev–Trinajstić information content (AvgIpc) is 3.87. The van der Waals surface area contributed by atoms with E-state index < -0.39 is 0 Å². The molecule has 0 saturated heterocycles. The van der Waals surface area contributed by atoms with Crippen LogP contribution in [0.5, 0.6) is 0 Å². The largest absolute Gasteiger partial charge is 0.455 e. The number of nitrogens with zero attached hydrogens (tertiary/aromatic N) is 1. The summed E-state index contributed by atoms with van der Waals surface area (Å²) in [4.78, 5) is 2.33. The van der Waals surface area contributed by atoms with Crippen LogP contribution in [0.4, 0.5) is 17.1 Å². The van der Waals surface area contributed by atoms with Gasteiger partial charge in [-0.25, -0.2) is 0 Å². The van der Waals surface area contributed by atoms with Gasteiger partial charge in [-0.2, -0.15) is 0 Å². The Kier molecular flexibility index (Phi) is 5.83. The number of hydrogen-bond acceptors (Lipinski definition) is 4. The molecule has 4 heteroatoms. The van der Waals surface area contributed by atoms with Crippen molar-refractivity contribution >= 4 is 103 Å². The summed E-state index contributed by atoms with van der Waals surface area (Å²) in [7, 11) is 0. The minimum atomic E-state index is 0.871. The smallest absolute Gasteiger partial charge is 0.159 e. The molecule has 0 N–H and O–H groups in total. The summed E-state index contributed by atoms with van der Waals surface area (Å²) in [6.07, 6.45) is 0. The van der Waals surface area contributed by atoms with E-state index in [-0.39, 0.29) is 0 Å². The quantitative estimate of drug-likeness (QED) is 0.189. The number of hydrogen-bond donors (Lipinski definition) is 0. The Labute approximate surface area is 290 Å². The third-order valence-corrected chi connectivity index (χ3v) is 11.2. The van der Waals surface area contributed by atoms with E-state index >= 15 is 0 Å². The molecule has 0 amide bonds. The van der Waals surface area contributed by atoms with E-state index in [0.29, 0.717) is 0 Å². The second kappa shape index (κ2) is 10.6. The van der Waals surface area contributed by atoms with Crippen LogP contribution in [0.25, 0.3) is 85.9 Å². The highest BCUT2D eigenvalue weighted by atomic mass is 32.1. The van der Waals surface area contributed by atoms with Crippen LogP contribution in [0.15, 0.2) is 173 Å². The van der Waals surface area contributed by atoms with Crippen molar-refractivity contribution in [2.75, 3.05) is 4.90 Å². The zero-order valence-corrected chi connectivity index (χ0v) is 27.6. The zero-order valence-electron chi connectivity index (χ0n) is 26.8. The summed E-state index contributed by atoms with van der Waals surface area (Å²) in [5.74, 6) is 0. The lowest BCUT2D eigenvalue weighted by atomic mass is 10.0. The molecule has 0 aliphatic rings. The van der Waals surface area contributed by atoms with Crippen molar-refractivity contribution < 1.29 is 8.83 Å². The lowest BCUT2D eigenvalue weighted by Crippen LogP contribution is -2.10. The molecule has 0 spiro atoms. The maximum absolute atomic E-state index is 6.60. The van der Waals surface area contributed by atoms with Gasteiger partial charge in [0, 0.05) is 58.5 Å². The predicted octanol–water partition coefficient (Wildman–Crippen LogP) is 14.1. The van der Waals surface area contributed by atoms with E-state index in [1.165, 1.54) is 42.1 Å². The van der Waals surface area contributed by atoms with Crippen LogP contribution in [0.3, 0.4) is 0 Å². The Bertz CT molecular complexity index is 3090. The van der Waals surface area contributed by atoms with Crippen molar-refractivity contribution in [1.82, 2.24) is 0 Å². The van der Waals surface area contributed by atoms with Crippen molar-refractivity contribution in [2.45, 2.75) is 0 Å². The van der Waals surface area contributed by atoms with Crippen LogP contribution in [0, 0.1) is 0 Å². The first kappa shape index (κ1) is 27.6. The maximum Gasteiger partial charge on any atom is 0.159 e. The van der Waals surface area contributed by atoms with Crippen LogP contribution in [-0.2, 0) is 0 Å². The molecular formula is C46H27NO2S. The van der Waals surface area contributed by atoms with Crippen LogP contribution in [0.1, 0.15) is 0 Å². The van der Waals surface area contributed by atoms with Crippen LogP contribution in [0.2, 0.25) is 0 Å². The predicted molar refractivity (Wildman–Crippen MR) is 212 cm³/mol. The third-order valence-electron chi connectivity index (χ3n) is 10.1. The Morgan fingerprint density at radius 1 is 0.400 bits per heavy atom. The highest BCUT2D eigenvalue weighted by molar-refractivity contribution is 7.26. The third kappa shape index (κ3) is 4.03. The summed E-state index contributed by atoms with van der Waals surface area (Å²) < 4.78 is 15.6. The lowest BCUT2D eigenvalue weighted by Gasteiger charge is -2.26. The van der Waals surface area contributed by atoms with E-state index in [1.54, 1.807) is 0 Å². The average molecular weight is 658 g/mol. The van der Waals surface area contributed by atoms with Crippen molar-refractivity contribution in [3.05, 3.63) is 164 Å². The van der Waals surface area contributed by atoms with Gasteiger partial charge in [0.25, 0.3) is 0 Å². The molecule has 0 unspecified atom stereocenters.